The van der Waals surface area contributed by atoms with Crippen molar-refractivity contribution in [1.29, 1.82) is 0 Å². The lowest BCUT2D eigenvalue weighted by Crippen LogP contribution is -2.28. The zero-order chi connectivity index (χ0) is 47.6. The molecule has 3 aromatic rings. The summed E-state index contributed by atoms with van der Waals surface area (Å²) < 4.78 is 102. The summed E-state index contributed by atoms with van der Waals surface area (Å²) in [5, 5.41) is 2.78. The smallest absolute Gasteiger partial charge is 0.294 e. The number of carbonyl (C=O) groups is 1. The van der Waals surface area contributed by atoms with Crippen LogP contribution < -0.4 is 10.2 Å². The summed E-state index contributed by atoms with van der Waals surface area (Å²) in [4.78, 5) is 15.0. The molecule has 1 amide bonds. The first-order valence-corrected chi connectivity index (χ1v) is 27.2. The highest BCUT2D eigenvalue weighted by atomic mass is 32.2. The number of nitrogens with zero attached hydrogens (tertiary/aromatic N) is 2. The van der Waals surface area contributed by atoms with Crippen molar-refractivity contribution in [3.8, 4) is 0 Å². The zero-order valence-corrected chi connectivity index (χ0v) is 40.4. The van der Waals surface area contributed by atoms with Crippen LogP contribution in [-0.2, 0) is 41.2 Å². The van der Waals surface area contributed by atoms with Gasteiger partial charge in [-0.25, -0.2) is 0 Å². The minimum absolute atomic E-state index is 0.192. The van der Waals surface area contributed by atoms with Crippen LogP contribution >= 0.6 is 0 Å². The quantitative estimate of drug-likeness (QED) is 0.0647. The van der Waals surface area contributed by atoms with Gasteiger partial charge in [0.2, 0.25) is 5.69 Å². The lowest BCUT2D eigenvalue weighted by molar-refractivity contribution is -0.438. The normalized spacial score (nSPS) is 21.0. The lowest BCUT2D eigenvalue weighted by atomic mass is 9.72. The number of allylic oxidation sites excluding steroid dienone is 10. The number of benzene rings is 3. The molecule has 1 atom stereocenters. The van der Waals surface area contributed by atoms with Gasteiger partial charge < -0.3 is 10.2 Å². The molecule has 0 aromatic heterocycles. The molecule has 0 saturated carbocycles. The van der Waals surface area contributed by atoms with E-state index >= 15 is 0 Å². The zero-order valence-electron chi connectivity index (χ0n) is 38.0. The molecule has 8 rings (SSSR count). The summed E-state index contributed by atoms with van der Waals surface area (Å²) in [7, 11) is -11.1. The van der Waals surface area contributed by atoms with E-state index in [0.29, 0.717) is 43.5 Å². The number of carbonyl (C=O) groups excluding carboxylic acids is 1. The molecular formula is C50H58N3O10S3+. The molecular weight excluding hydrogens is 899 g/mol. The Morgan fingerprint density at radius 1 is 0.773 bits per heavy atom. The molecule has 350 valence electrons. The van der Waals surface area contributed by atoms with E-state index in [1.54, 1.807) is 13.1 Å². The molecule has 0 bridgehead atoms. The van der Waals surface area contributed by atoms with Crippen LogP contribution in [0.2, 0.25) is 0 Å². The Morgan fingerprint density at radius 3 is 2.17 bits per heavy atom. The Kier molecular flexibility index (Phi) is 12.7. The molecule has 16 heteroatoms. The van der Waals surface area contributed by atoms with Gasteiger partial charge in [-0.1, -0.05) is 50.3 Å². The number of para-hydroxylation sites is 1. The third-order valence-electron chi connectivity index (χ3n) is 14.1. The first-order chi connectivity index (χ1) is 31.0. The van der Waals surface area contributed by atoms with E-state index in [1.165, 1.54) is 34.4 Å². The van der Waals surface area contributed by atoms with Gasteiger partial charge in [0.25, 0.3) is 36.3 Å². The van der Waals surface area contributed by atoms with Gasteiger partial charge in [0.15, 0.2) is 5.71 Å². The molecule has 4 N–H and O–H groups in total. The topological polar surface area (TPSA) is 198 Å². The fourth-order valence-electron chi connectivity index (χ4n) is 10.9. The average Bonchev–Trinajstić information content (AvgIpc) is 3.79. The number of hydrogen-bond donors (Lipinski definition) is 4. The minimum Gasteiger partial charge on any atom is -0.355 e. The Hall–Kier alpha value is -4.97. The van der Waals surface area contributed by atoms with E-state index in [9.17, 15) is 43.7 Å². The van der Waals surface area contributed by atoms with Crippen LogP contribution in [0, 0.1) is 5.92 Å². The molecule has 0 spiro atoms. The number of amides is 1. The maximum Gasteiger partial charge on any atom is 0.294 e. The van der Waals surface area contributed by atoms with E-state index in [4.69, 9.17) is 0 Å². The largest absolute Gasteiger partial charge is 0.355 e. The second kappa shape index (κ2) is 17.6. The van der Waals surface area contributed by atoms with E-state index in [1.807, 2.05) is 38.1 Å². The highest BCUT2D eigenvalue weighted by Crippen LogP contribution is 2.58. The molecule has 5 aliphatic rings. The standard InChI is InChI=1S/C50H57N3O10S3/c1-49(2)39-12-6-7-13-41(39)52(26-8-10-28-64(55,56)57)43(49)24-19-32-14-16-34-17-15-33(46-38-30-35(48(54)51-5)18-22-37(38)45(32)47(34)46)20-25-44-50(3,4)40-31-36(66(61,62)63)21-23-42(40)53(44)27-9-11-29-65(58,59)60/h6-7,12-13,18-25,30-31,34H,8-11,14-17,26-29H2,1-5H3,(H3-,51,54,55,56,57,58,59,60,61,62,63)/p+1. The van der Waals surface area contributed by atoms with Crippen molar-refractivity contribution in [2.75, 3.05) is 36.5 Å². The molecule has 1 unspecified atom stereocenters. The fraction of sp³-hybridized carbons (Fsp3) is 0.400. The van der Waals surface area contributed by atoms with Gasteiger partial charge in [-0.2, -0.15) is 29.8 Å². The first-order valence-electron chi connectivity index (χ1n) is 22.5. The van der Waals surface area contributed by atoms with Gasteiger partial charge in [-0.3, -0.25) is 18.5 Å². The van der Waals surface area contributed by atoms with Crippen molar-refractivity contribution in [3.05, 3.63) is 135 Å². The van der Waals surface area contributed by atoms with Crippen LogP contribution in [0.3, 0.4) is 0 Å². The summed E-state index contributed by atoms with van der Waals surface area (Å²) in [6.07, 6.45) is 13.7. The Morgan fingerprint density at radius 2 is 1.47 bits per heavy atom. The van der Waals surface area contributed by atoms with Gasteiger partial charge in [0, 0.05) is 60.1 Å². The SMILES string of the molecule is CNC(=O)c1ccc2c(c1)C1=C3C2=C(/C=C/C2=[N+](CCCCS(=O)(=O)O)c4ccccc4C2(C)C)CCC3CC/C1=C\C=C1\N(CCCCS(=O)(=O)O)c2ccc(S(=O)(=O)O)cc2C1(C)C. The van der Waals surface area contributed by atoms with Crippen LogP contribution in [-0.4, -0.2) is 86.7 Å². The molecule has 2 aliphatic heterocycles. The average molecular weight is 957 g/mol. The third kappa shape index (κ3) is 9.07. The van der Waals surface area contributed by atoms with Crippen molar-refractivity contribution in [3.63, 3.8) is 0 Å². The summed E-state index contributed by atoms with van der Waals surface area (Å²) in [5.41, 5.74) is 13.0. The van der Waals surface area contributed by atoms with Crippen LogP contribution in [0.1, 0.15) is 112 Å². The van der Waals surface area contributed by atoms with Crippen molar-refractivity contribution in [2.45, 2.75) is 94.8 Å². The number of fused-ring (bicyclic) bond motifs is 5. The summed E-state index contributed by atoms with van der Waals surface area (Å²) in [6, 6.07) is 18.7. The maximum atomic E-state index is 13.2. The molecule has 0 saturated heterocycles. The molecule has 0 fully saturated rings. The van der Waals surface area contributed by atoms with Crippen molar-refractivity contribution in [2.24, 2.45) is 5.92 Å². The van der Waals surface area contributed by atoms with E-state index in [2.05, 4.69) is 71.1 Å². The molecule has 13 nitrogen and oxygen atoms in total. The van der Waals surface area contributed by atoms with Crippen molar-refractivity contribution in [1.82, 2.24) is 5.32 Å². The highest BCUT2D eigenvalue weighted by molar-refractivity contribution is 7.86. The lowest BCUT2D eigenvalue weighted by Gasteiger charge is -2.32. The number of nitrogens with one attached hydrogen (secondary N) is 1. The molecule has 3 aromatic carbocycles. The second-order valence-corrected chi connectivity index (χ2v) is 23.5. The van der Waals surface area contributed by atoms with E-state index in [0.717, 1.165) is 70.7 Å². The summed E-state index contributed by atoms with van der Waals surface area (Å²) >= 11 is 0. The summed E-state index contributed by atoms with van der Waals surface area (Å²) in [5.74, 6) is -0.574. The van der Waals surface area contributed by atoms with Gasteiger partial charge in [0.05, 0.1) is 21.8 Å². The Balaban J connectivity index is 1.24. The predicted molar refractivity (Wildman–Crippen MR) is 258 cm³/mol. The van der Waals surface area contributed by atoms with Crippen LogP contribution in [0.5, 0.6) is 0 Å². The first kappa shape index (κ1) is 47.5. The minimum atomic E-state index is -4.50. The summed E-state index contributed by atoms with van der Waals surface area (Å²) in [6.45, 7) is 9.37. The van der Waals surface area contributed by atoms with Gasteiger partial charge in [-0.15, -0.1) is 0 Å². The van der Waals surface area contributed by atoms with E-state index < -0.39 is 35.8 Å². The Labute approximate surface area is 388 Å². The number of unbranched alkanes of at least 4 members (excludes halogenated alkanes) is 2. The van der Waals surface area contributed by atoms with Crippen molar-refractivity contribution < 1.29 is 48.3 Å². The van der Waals surface area contributed by atoms with Crippen molar-refractivity contribution >= 4 is 64.5 Å². The van der Waals surface area contributed by atoms with Gasteiger partial charge in [0.1, 0.15) is 6.54 Å². The monoisotopic (exact) mass is 956 g/mol. The van der Waals surface area contributed by atoms with E-state index in [-0.39, 0.29) is 40.1 Å². The highest BCUT2D eigenvalue weighted by Gasteiger charge is 2.45. The van der Waals surface area contributed by atoms with Gasteiger partial charge in [-0.05, 0) is 146 Å². The predicted octanol–water partition coefficient (Wildman–Crippen LogP) is 8.59. The molecule has 0 radical (unpaired) electrons. The second-order valence-electron chi connectivity index (χ2n) is 19.0. The molecule has 3 aliphatic carbocycles. The van der Waals surface area contributed by atoms with Crippen LogP contribution in [0.4, 0.5) is 11.4 Å². The van der Waals surface area contributed by atoms with Gasteiger partial charge >= 0.3 is 0 Å². The number of rotatable bonds is 15. The molecule has 66 heavy (non-hydrogen) atoms. The fourth-order valence-corrected chi connectivity index (χ4v) is 12.5. The maximum absolute atomic E-state index is 13.2. The third-order valence-corrected chi connectivity index (χ3v) is 16.5. The Bertz CT molecular complexity index is 3080. The van der Waals surface area contributed by atoms with Crippen LogP contribution in [0.15, 0.2) is 112 Å². The number of hydrogen-bond acceptors (Lipinski definition) is 8. The number of anilines is 1. The van der Waals surface area contributed by atoms with Crippen LogP contribution in [0.25, 0.3) is 11.1 Å². The molecule has 2 heterocycles.